The molecule has 2 aromatic rings. The van der Waals surface area contributed by atoms with Crippen molar-refractivity contribution >= 4 is 17.5 Å². The number of carbonyl (C=O) groups is 2. The minimum atomic E-state index is -0.372. The first kappa shape index (κ1) is 18.5. The number of carbonyl (C=O) groups excluding carboxylic acids is 2. The SMILES string of the molecule is COc1cccc(N2C[C@H](C(=O)NCC3(c4ccc(F)cc4)CC3)CC2=O)c1. The van der Waals surface area contributed by atoms with Crippen LogP contribution in [0, 0.1) is 11.7 Å². The van der Waals surface area contributed by atoms with Crippen LogP contribution in [0.1, 0.15) is 24.8 Å². The van der Waals surface area contributed by atoms with Gasteiger partial charge in [0.05, 0.1) is 13.0 Å². The minimum absolute atomic E-state index is 0.0620. The van der Waals surface area contributed by atoms with E-state index in [2.05, 4.69) is 5.32 Å². The van der Waals surface area contributed by atoms with E-state index in [0.29, 0.717) is 18.8 Å². The molecule has 2 amide bonds. The van der Waals surface area contributed by atoms with Crippen LogP contribution in [0.3, 0.4) is 0 Å². The number of halogens is 1. The molecule has 4 rings (SSSR count). The molecule has 0 unspecified atom stereocenters. The van der Waals surface area contributed by atoms with E-state index in [4.69, 9.17) is 4.74 Å². The predicted octanol–water partition coefficient (Wildman–Crippen LogP) is 3.04. The summed E-state index contributed by atoms with van der Waals surface area (Å²) in [5.41, 5.74) is 1.69. The normalized spacial score (nSPS) is 20.1. The first-order valence-corrected chi connectivity index (χ1v) is 9.49. The summed E-state index contributed by atoms with van der Waals surface area (Å²) in [4.78, 5) is 26.7. The number of nitrogens with zero attached hydrogens (tertiary/aromatic N) is 1. The molecule has 5 nitrogen and oxygen atoms in total. The Labute approximate surface area is 163 Å². The number of amides is 2. The maximum absolute atomic E-state index is 13.2. The average Bonchev–Trinajstić information content (AvgIpc) is 3.41. The lowest BCUT2D eigenvalue weighted by molar-refractivity contribution is -0.126. The summed E-state index contributed by atoms with van der Waals surface area (Å²) in [7, 11) is 1.58. The van der Waals surface area contributed by atoms with E-state index in [1.54, 1.807) is 30.2 Å². The topological polar surface area (TPSA) is 58.6 Å². The fourth-order valence-corrected chi connectivity index (χ4v) is 3.83. The highest BCUT2D eigenvalue weighted by atomic mass is 19.1. The smallest absolute Gasteiger partial charge is 0.227 e. The lowest BCUT2D eigenvalue weighted by Crippen LogP contribution is -2.37. The Morgan fingerprint density at radius 2 is 2.00 bits per heavy atom. The molecule has 0 bridgehead atoms. The Balaban J connectivity index is 1.38. The molecular formula is C22H23FN2O3. The Kier molecular flexibility index (Phi) is 4.79. The molecule has 1 heterocycles. The quantitative estimate of drug-likeness (QED) is 0.836. The molecule has 0 spiro atoms. The van der Waals surface area contributed by atoms with Crippen LogP contribution in [0.5, 0.6) is 5.75 Å². The van der Waals surface area contributed by atoms with Crippen molar-refractivity contribution in [3.63, 3.8) is 0 Å². The fraction of sp³-hybridized carbons (Fsp3) is 0.364. The second-order valence-electron chi connectivity index (χ2n) is 7.61. The highest BCUT2D eigenvalue weighted by Gasteiger charge is 2.45. The van der Waals surface area contributed by atoms with Crippen LogP contribution in [0.25, 0.3) is 0 Å². The molecule has 0 radical (unpaired) electrons. The van der Waals surface area contributed by atoms with Crippen molar-refractivity contribution in [2.75, 3.05) is 25.1 Å². The molecule has 1 N–H and O–H groups in total. The van der Waals surface area contributed by atoms with Crippen molar-refractivity contribution in [3.8, 4) is 5.75 Å². The minimum Gasteiger partial charge on any atom is -0.497 e. The van der Waals surface area contributed by atoms with Crippen LogP contribution in [0.2, 0.25) is 0 Å². The van der Waals surface area contributed by atoms with Gasteiger partial charge in [-0.2, -0.15) is 0 Å². The third-order valence-electron chi connectivity index (χ3n) is 5.77. The van der Waals surface area contributed by atoms with Crippen molar-refractivity contribution < 1.29 is 18.7 Å². The summed E-state index contributed by atoms with van der Waals surface area (Å²) in [6.07, 6.45) is 2.14. The number of benzene rings is 2. The van der Waals surface area contributed by atoms with Gasteiger partial charge in [0.2, 0.25) is 11.8 Å². The Hall–Kier alpha value is -2.89. The van der Waals surface area contributed by atoms with Crippen LogP contribution in [-0.4, -0.2) is 32.0 Å². The van der Waals surface area contributed by atoms with Crippen molar-refractivity contribution in [2.45, 2.75) is 24.7 Å². The predicted molar refractivity (Wildman–Crippen MR) is 104 cm³/mol. The van der Waals surface area contributed by atoms with E-state index in [1.807, 2.05) is 18.2 Å². The van der Waals surface area contributed by atoms with E-state index in [1.165, 1.54) is 12.1 Å². The third-order valence-corrected chi connectivity index (χ3v) is 5.77. The number of ether oxygens (including phenoxy) is 1. The maximum Gasteiger partial charge on any atom is 0.227 e. The molecule has 28 heavy (non-hydrogen) atoms. The molecule has 146 valence electrons. The van der Waals surface area contributed by atoms with E-state index in [-0.39, 0.29) is 35.4 Å². The number of nitrogens with one attached hydrogen (secondary N) is 1. The van der Waals surface area contributed by atoms with Crippen molar-refractivity contribution in [3.05, 3.63) is 59.9 Å². The Bertz CT molecular complexity index is 893. The van der Waals surface area contributed by atoms with E-state index < -0.39 is 0 Å². The third kappa shape index (κ3) is 3.59. The molecule has 2 aromatic carbocycles. The van der Waals surface area contributed by atoms with E-state index >= 15 is 0 Å². The number of hydrogen-bond donors (Lipinski definition) is 1. The van der Waals surface area contributed by atoms with Gasteiger partial charge in [0.1, 0.15) is 11.6 Å². The standard InChI is InChI=1S/C22H23FN2O3/c1-28-19-4-2-3-18(12-19)25-13-15(11-20(25)26)21(27)24-14-22(9-10-22)16-5-7-17(23)8-6-16/h2-8,12,15H,9-11,13-14H2,1H3,(H,24,27)/t15-/m1/s1. The highest BCUT2D eigenvalue weighted by molar-refractivity contribution is 6.00. The zero-order chi connectivity index (χ0) is 19.7. The summed E-state index contributed by atoms with van der Waals surface area (Å²) in [5.74, 6) is -0.123. The lowest BCUT2D eigenvalue weighted by Gasteiger charge is -2.19. The van der Waals surface area contributed by atoms with Gasteiger partial charge in [-0.25, -0.2) is 4.39 Å². The zero-order valence-corrected chi connectivity index (χ0v) is 15.8. The van der Waals surface area contributed by atoms with Crippen LogP contribution < -0.4 is 15.0 Å². The summed E-state index contributed by atoms with van der Waals surface area (Å²) in [6, 6.07) is 13.8. The van der Waals surface area contributed by atoms with Gasteiger partial charge in [0.25, 0.3) is 0 Å². The maximum atomic E-state index is 13.2. The van der Waals surface area contributed by atoms with Gasteiger partial charge in [-0.05, 0) is 42.7 Å². The van der Waals surface area contributed by atoms with Gasteiger partial charge in [-0.3, -0.25) is 9.59 Å². The number of rotatable bonds is 6. The van der Waals surface area contributed by atoms with Gasteiger partial charge < -0.3 is 15.0 Å². The number of anilines is 1. The molecule has 0 aromatic heterocycles. The molecule has 1 saturated carbocycles. The molecule has 1 aliphatic heterocycles. The molecule has 2 fully saturated rings. The van der Waals surface area contributed by atoms with Gasteiger partial charge >= 0.3 is 0 Å². The number of hydrogen-bond acceptors (Lipinski definition) is 3. The molecule has 1 atom stereocenters. The summed E-state index contributed by atoms with van der Waals surface area (Å²) < 4.78 is 18.4. The molecule has 2 aliphatic rings. The Morgan fingerprint density at radius 1 is 1.25 bits per heavy atom. The van der Waals surface area contributed by atoms with Crippen molar-refractivity contribution in [1.29, 1.82) is 0 Å². The highest BCUT2D eigenvalue weighted by Crippen LogP contribution is 2.47. The largest absolute Gasteiger partial charge is 0.497 e. The molecular weight excluding hydrogens is 359 g/mol. The Morgan fingerprint density at radius 3 is 2.68 bits per heavy atom. The molecule has 6 heteroatoms. The van der Waals surface area contributed by atoms with Gasteiger partial charge in [-0.1, -0.05) is 18.2 Å². The first-order chi connectivity index (χ1) is 13.5. The summed E-state index contributed by atoms with van der Waals surface area (Å²) in [5, 5.41) is 3.02. The molecule has 1 aliphatic carbocycles. The van der Waals surface area contributed by atoms with Crippen LogP contribution in [-0.2, 0) is 15.0 Å². The van der Waals surface area contributed by atoms with Crippen LogP contribution >= 0.6 is 0 Å². The lowest BCUT2D eigenvalue weighted by atomic mass is 9.95. The fourth-order valence-electron chi connectivity index (χ4n) is 3.83. The van der Waals surface area contributed by atoms with Crippen LogP contribution in [0.4, 0.5) is 10.1 Å². The first-order valence-electron chi connectivity index (χ1n) is 9.49. The van der Waals surface area contributed by atoms with Crippen molar-refractivity contribution in [2.24, 2.45) is 5.92 Å². The second-order valence-corrected chi connectivity index (χ2v) is 7.61. The van der Waals surface area contributed by atoms with Gasteiger partial charge in [-0.15, -0.1) is 0 Å². The van der Waals surface area contributed by atoms with E-state index in [0.717, 1.165) is 24.1 Å². The molecule has 1 saturated heterocycles. The van der Waals surface area contributed by atoms with Crippen LogP contribution in [0.15, 0.2) is 48.5 Å². The zero-order valence-electron chi connectivity index (χ0n) is 15.8. The summed E-state index contributed by atoms with van der Waals surface area (Å²) in [6.45, 7) is 0.878. The summed E-state index contributed by atoms with van der Waals surface area (Å²) >= 11 is 0. The van der Waals surface area contributed by atoms with Crippen molar-refractivity contribution in [1.82, 2.24) is 5.32 Å². The monoisotopic (exact) mass is 382 g/mol. The number of methoxy groups -OCH3 is 1. The van der Waals surface area contributed by atoms with E-state index in [9.17, 15) is 14.0 Å². The van der Waals surface area contributed by atoms with Gasteiger partial charge in [0.15, 0.2) is 0 Å². The van der Waals surface area contributed by atoms with Gasteiger partial charge in [0, 0.05) is 36.7 Å². The average molecular weight is 382 g/mol. The second kappa shape index (κ2) is 7.26.